The lowest BCUT2D eigenvalue weighted by molar-refractivity contribution is -0.129. The quantitative estimate of drug-likeness (QED) is 0.490. The molecule has 0 saturated heterocycles. The number of aromatic nitrogens is 2. The molecule has 32 heavy (non-hydrogen) atoms. The van der Waals surface area contributed by atoms with Gasteiger partial charge in [-0.15, -0.1) is 0 Å². The molecule has 0 saturated carbocycles. The maximum atomic E-state index is 15.1. The number of rotatable bonds is 4. The van der Waals surface area contributed by atoms with E-state index in [4.69, 9.17) is 5.73 Å². The Morgan fingerprint density at radius 1 is 1.06 bits per heavy atom. The molecule has 0 radical (unpaired) electrons. The van der Waals surface area contributed by atoms with Crippen LogP contribution in [0, 0.1) is 17.6 Å². The molecule has 0 spiro atoms. The summed E-state index contributed by atoms with van der Waals surface area (Å²) in [6, 6.07) is 4.86. The number of alkyl halides is 2. The Kier molecular flexibility index (Phi) is 5.11. The standard InChI is InChI=1S/C21H14F5N5O/c1-31-19(32)21(30-20(31)27,11-5-10(17(24)25)8-28-9-11)14-6-13(15(22)7-16(14)23)12-3-2-4-29-18(12)26/h2-9,17H,1H3,(H2,27,30). The number of guanidine groups is 1. The number of nitrogens with zero attached hydrogens (tertiary/aromatic N) is 4. The van der Waals surface area contributed by atoms with Crippen LogP contribution in [0.4, 0.5) is 22.0 Å². The Labute approximate surface area is 178 Å². The molecule has 2 N–H and O–H groups in total. The zero-order chi connectivity index (χ0) is 23.2. The lowest BCUT2D eigenvalue weighted by Gasteiger charge is -2.27. The highest BCUT2D eigenvalue weighted by molar-refractivity contribution is 6.09. The van der Waals surface area contributed by atoms with Crippen LogP contribution in [0.25, 0.3) is 11.1 Å². The zero-order valence-corrected chi connectivity index (χ0v) is 16.4. The van der Waals surface area contributed by atoms with Gasteiger partial charge in [-0.05, 0) is 24.3 Å². The topological polar surface area (TPSA) is 84.5 Å². The number of likely N-dealkylation sites (N-methyl/N-ethyl adjacent to an activating group) is 1. The zero-order valence-electron chi connectivity index (χ0n) is 16.4. The van der Waals surface area contributed by atoms with Crippen molar-refractivity contribution in [1.29, 1.82) is 0 Å². The number of hydrogen-bond donors (Lipinski definition) is 1. The van der Waals surface area contributed by atoms with Gasteiger partial charge >= 0.3 is 0 Å². The maximum absolute atomic E-state index is 15.1. The molecule has 2 aromatic heterocycles. The van der Waals surface area contributed by atoms with Crippen LogP contribution in [0.15, 0.2) is 53.9 Å². The summed E-state index contributed by atoms with van der Waals surface area (Å²) in [6.07, 6.45) is 0.153. The van der Waals surface area contributed by atoms with Crippen LogP contribution in [0.5, 0.6) is 0 Å². The van der Waals surface area contributed by atoms with E-state index in [2.05, 4.69) is 15.0 Å². The number of carbonyl (C=O) groups is 1. The SMILES string of the molecule is CN1C(=O)C(c2cncc(C(F)F)c2)(c2cc(-c3cccnc3F)c(F)cc2F)N=C1N. The van der Waals surface area contributed by atoms with Crippen molar-refractivity contribution >= 4 is 11.9 Å². The third kappa shape index (κ3) is 3.17. The van der Waals surface area contributed by atoms with E-state index < -0.39 is 52.1 Å². The number of hydrogen-bond acceptors (Lipinski definition) is 5. The molecular formula is C21H14F5N5O. The summed E-state index contributed by atoms with van der Waals surface area (Å²) in [5, 5.41) is 0. The molecular weight excluding hydrogens is 433 g/mol. The van der Waals surface area contributed by atoms with Gasteiger partial charge in [-0.1, -0.05) is 0 Å². The minimum absolute atomic E-state index is 0.212. The van der Waals surface area contributed by atoms with Crippen molar-refractivity contribution in [3.63, 3.8) is 0 Å². The van der Waals surface area contributed by atoms with Crippen LogP contribution in [-0.2, 0) is 10.3 Å². The van der Waals surface area contributed by atoms with Gasteiger partial charge in [0.05, 0.1) is 0 Å². The predicted octanol–water partition coefficient (Wildman–Crippen LogP) is 3.53. The smallest absolute Gasteiger partial charge is 0.266 e. The summed E-state index contributed by atoms with van der Waals surface area (Å²) < 4.78 is 70.6. The van der Waals surface area contributed by atoms with Gasteiger partial charge in [0.15, 0.2) is 11.5 Å². The van der Waals surface area contributed by atoms with Gasteiger partial charge in [0, 0.05) is 59.5 Å². The highest BCUT2D eigenvalue weighted by atomic mass is 19.3. The lowest BCUT2D eigenvalue weighted by atomic mass is 9.81. The van der Waals surface area contributed by atoms with E-state index in [-0.39, 0.29) is 17.1 Å². The molecule has 1 atom stereocenters. The first-order valence-corrected chi connectivity index (χ1v) is 9.14. The summed E-state index contributed by atoms with van der Waals surface area (Å²) in [6.45, 7) is 0. The maximum Gasteiger partial charge on any atom is 0.266 e. The molecule has 0 bridgehead atoms. The van der Waals surface area contributed by atoms with Crippen molar-refractivity contribution in [1.82, 2.24) is 14.9 Å². The van der Waals surface area contributed by atoms with E-state index in [1.165, 1.54) is 19.2 Å². The Bertz CT molecular complexity index is 1270. The van der Waals surface area contributed by atoms with Crippen LogP contribution in [0.1, 0.15) is 23.1 Å². The number of benzene rings is 1. The van der Waals surface area contributed by atoms with Crippen LogP contribution in [0.2, 0.25) is 0 Å². The number of halogens is 5. The Morgan fingerprint density at radius 3 is 2.44 bits per heavy atom. The minimum Gasteiger partial charge on any atom is -0.369 e. The average Bonchev–Trinajstić information content (AvgIpc) is 2.99. The molecule has 6 nitrogen and oxygen atoms in total. The first-order chi connectivity index (χ1) is 15.2. The van der Waals surface area contributed by atoms with Gasteiger partial charge in [-0.3, -0.25) is 14.7 Å². The highest BCUT2D eigenvalue weighted by Gasteiger charge is 2.51. The predicted molar refractivity (Wildman–Crippen MR) is 104 cm³/mol. The second kappa shape index (κ2) is 7.66. The van der Waals surface area contributed by atoms with Gasteiger partial charge in [0.1, 0.15) is 11.6 Å². The van der Waals surface area contributed by atoms with Gasteiger partial charge in [-0.2, -0.15) is 4.39 Å². The minimum atomic E-state index is -2.94. The summed E-state index contributed by atoms with van der Waals surface area (Å²) in [7, 11) is 1.26. The van der Waals surface area contributed by atoms with Crippen molar-refractivity contribution in [3.05, 3.63) is 83.2 Å². The lowest BCUT2D eigenvalue weighted by Crippen LogP contribution is -2.41. The van der Waals surface area contributed by atoms with Crippen LogP contribution >= 0.6 is 0 Å². The fraction of sp³-hybridized carbons (Fsp3) is 0.143. The molecule has 1 unspecified atom stereocenters. The van der Waals surface area contributed by atoms with E-state index in [9.17, 15) is 22.4 Å². The summed E-state index contributed by atoms with van der Waals surface area (Å²) >= 11 is 0. The van der Waals surface area contributed by atoms with E-state index in [0.717, 1.165) is 35.6 Å². The Morgan fingerprint density at radius 2 is 1.81 bits per heavy atom. The summed E-state index contributed by atoms with van der Waals surface area (Å²) in [5.74, 6) is -4.57. The molecule has 0 fully saturated rings. The highest BCUT2D eigenvalue weighted by Crippen LogP contribution is 2.43. The molecule has 164 valence electrons. The molecule has 1 aliphatic rings. The number of nitrogens with two attached hydrogens (primary N) is 1. The van der Waals surface area contributed by atoms with Gasteiger partial charge in [-0.25, -0.2) is 27.5 Å². The second-order valence-electron chi connectivity index (χ2n) is 7.01. The molecule has 1 aromatic carbocycles. The van der Waals surface area contributed by atoms with E-state index in [0.29, 0.717) is 6.07 Å². The molecule has 3 heterocycles. The van der Waals surface area contributed by atoms with E-state index >= 15 is 4.39 Å². The third-order valence-electron chi connectivity index (χ3n) is 5.16. The van der Waals surface area contributed by atoms with Crippen molar-refractivity contribution in [2.45, 2.75) is 12.0 Å². The van der Waals surface area contributed by atoms with Crippen LogP contribution in [0.3, 0.4) is 0 Å². The van der Waals surface area contributed by atoms with E-state index in [1.54, 1.807) is 0 Å². The number of carbonyl (C=O) groups excluding carboxylic acids is 1. The average molecular weight is 447 g/mol. The molecule has 1 aliphatic heterocycles. The molecule has 4 rings (SSSR count). The Hall–Kier alpha value is -3.89. The van der Waals surface area contributed by atoms with Crippen molar-refractivity contribution in [2.75, 3.05) is 7.05 Å². The first kappa shape index (κ1) is 21.3. The number of pyridine rings is 2. The largest absolute Gasteiger partial charge is 0.369 e. The molecule has 11 heteroatoms. The van der Waals surface area contributed by atoms with Gasteiger partial charge in [0.2, 0.25) is 5.95 Å². The molecule has 0 aliphatic carbocycles. The monoisotopic (exact) mass is 447 g/mol. The van der Waals surface area contributed by atoms with Crippen molar-refractivity contribution in [3.8, 4) is 11.1 Å². The molecule has 3 aromatic rings. The fourth-order valence-electron chi connectivity index (χ4n) is 3.55. The third-order valence-corrected chi connectivity index (χ3v) is 5.16. The van der Waals surface area contributed by atoms with Crippen molar-refractivity contribution in [2.24, 2.45) is 10.7 Å². The van der Waals surface area contributed by atoms with Crippen LogP contribution in [-0.4, -0.2) is 33.8 Å². The van der Waals surface area contributed by atoms with Crippen molar-refractivity contribution < 1.29 is 26.7 Å². The van der Waals surface area contributed by atoms with E-state index in [1.807, 2.05) is 0 Å². The number of aliphatic imine (C=N–C) groups is 1. The van der Waals surface area contributed by atoms with Gasteiger partial charge in [0.25, 0.3) is 12.3 Å². The fourth-order valence-corrected chi connectivity index (χ4v) is 3.55. The summed E-state index contributed by atoms with van der Waals surface area (Å²) in [4.78, 5) is 25.4. The second-order valence-corrected chi connectivity index (χ2v) is 7.01. The number of amides is 1. The van der Waals surface area contributed by atoms with Crippen LogP contribution < -0.4 is 5.73 Å². The Balaban J connectivity index is 2.05. The molecule has 1 amide bonds. The first-order valence-electron chi connectivity index (χ1n) is 9.14. The van der Waals surface area contributed by atoms with Gasteiger partial charge < -0.3 is 5.73 Å². The normalized spacial score (nSPS) is 18.4. The summed E-state index contributed by atoms with van der Waals surface area (Å²) in [5.41, 5.74) is 1.55.